The normalized spacial score (nSPS) is 11.5. The molecule has 4 aromatic rings. The predicted octanol–water partition coefficient (Wildman–Crippen LogP) is 4.37. The first-order chi connectivity index (χ1) is 14.8. The van der Waals surface area contributed by atoms with Gasteiger partial charge in [-0.05, 0) is 29.6 Å². The number of ether oxygens (including phenoxy) is 2. The van der Waals surface area contributed by atoms with E-state index < -0.39 is 17.7 Å². The van der Waals surface area contributed by atoms with E-state index >= 15 is 0 Å². The SMILES string of the molecule is COc1cn(-c2cccc(C(F)(F)F)c2)nc1C(=O)OCc1noc(-c2ccsc2)n1. The van der Waals surface area contributed by atoms with E-state index in [1.165, 1.54) is 36.8 Å². The number of aromatic nitrogens is 4. The maximum absolute atomic E-state index is 13.0. The quantitative estimate of drug-likeness (QED) is 0.403. The number of benzene rings is 1. The zero-order valence-electron chi connectivity index (χ0n) is 15.8. The van der Waals surface area contributed by atoms with Crippen molar-refractivity contribution in [3.05, 3.63) is 64.4 Å². The van der Waals surface area contributed by atoms with Gasteiger partial charge in [-0.3, -0.25) is 0 Å². The smallest absolute Gasteiger partial charge is 0.416 e. The predicted molar refractivity (Wildman–Crippen MR) is 102 cm³/mol. The number of carbonyl (C=O) groups excluding carboxylic acids is 1. The second-order valence-corrected chi connectivity index (χ2v) is 6.92. The van der Waals surface area contributed by atoms with Gasteiger partial charge in [-0.2, -0.15) is 34.6 Å². The molecule has 0 aliphatic carbocycles. The van der Waals surface area contributed by atoms with Gasteiger partial charge in [-0.15, -0.1) is 0 Å². The lowest BCUT2D eigenvalue weighted by Gasteiger charge is -2.08. The van der Waals surface area contributed by atoms with E-state index in [1.54, 1.807) is 6.07 Å². The molecule has 1 aromatic carbocycles. The zero-order chi connectivity index (χ0) is 22.0. The van der Waals surface area contributed by atoms with Crippen molar-refractivity contribution in [2.45, 2.75) is 12.8 Å². The van der Waals surface area contributed by atoms with E-state index in [1.807, 2.05) is 10.8 Å². The molecule has 0 saturated carbocycles. The third-order valence-corrected chi connectivity index (χ3v) is 4.78. The molecule has 0 aliphatic heterocycles. The summed E-state index contributed by atoms with van der Waals surface area (Å²) in [5.74, 6) is -0.386. The molecule has 160 valence electrons. The van der Waals surface area contributed by atoms with Gasteiger partial charge in [0.15, 0.2) is 12.4 Å². The average molecular weight is 450 g/mol. The van der Waals surface area contributed by atoms with Gasteiger partial charge in [-0.25, -0.2) is 9.48 Å². The first-order valence-corrected chi connectivity index (χ1v) is 9.63. The van der Waals surface area contributed by atoms with Gasteiger partial charge in [0.2, 0.25) is 11.5 Å². The Labute approximate surface area is 176 Å². The monoisotopic (exact) mass is 450 g/mol. The van der Waals surface area contributed by atoms with Crippen LogP contribution in [-0.2, 0) is 17.5 Å². The van der Waals surface area contributed by atoms with Crippen molar-refractivity contribution in [2.24, 2.45) is 0 Å². The Hall–Kier alpha value is -3.67. The van der Waals surface area contributed by atoms with Crippen LogP contribution in [0.25, 0.3) is 17.1 Å². The number of carbonyl (C=O) groups is 1. The van der Waals surface area contributed by atoms with Crippen LogP contribution in [0.4, 0.5) is 13.2 Å². The zero-order valence-corrected chi connectivity index (χ0v) is 16.6. The van der Waals surface area contributed by atoms with Crippen molar-refractivity contribution >= 4 is 17.3 Å². The van der Waals surface area contributed by atoms with E-state index in [0.29, 0.717) is 5.89 Å². The molecule has 8 nitrogen and oxygen atoms in total. The fraction of sp³-hybridized carbons (Fsp3) is 0.158. The molecule has 0 spiro atoms. The van der Waals surface area contributed by atoms with Crippen LogP contribution in [0, 0.1) is 0 Å². The van der Waals surface area contributed by atoms with Gasteiger partial charge in [0.25, 0.3) is 5.89 Å². The molecule has 0 fully saturated rings. The third-order valence-electron chi connectivity index (χ3n) is 4.10. The van der Waals surface area contributed by atoms with Gasteiger partial charge >= 0.3 is 12.1 Å². The van der Waals surface area contributed by atoms with Gasteiger partial charge in [0, 0.05) is 5.38 Å². The van der Waals surface area contributed by atoms with Gasteiger partial charge in [0.05, 0.1) is 30.1 Å². The van der Waals surface area contributed by atoms with Crippen molar-refractivity contribution in [2.75, 3.05) is 7.11 Å². The van der Waals surface area contributed by atoms with Crippen LogP contribution in [0.5, 0.6) is 5.75 Å². The first kappa shape index (κ1) is 20.6. The van der Waals surface area contributed by atoms with Crippen LogP contribution < -0.4 is 4.74 Å². The summed E-state index contributed by atoms with van der Waals surface area (Å²) in [6.07, 6.45) is -3.23. The van der Waals surface area contributed by atoms with E-state index in [-0.39, 0.29) is 29.6 Å². The molecule has 0 unspecified atom stereocenters. The lowest BCUT2D eigenvalue weighted by molar-refractivity contribution is -0.137. The minimum Gasteiger partial charge on any atom is -0.493 e. The largest absolute Gasteiger partial charge is 0.493 e. The average Bonchev–Trinajstić information content (AvgIpc) is 3.51. The second-order valence-electron chi connectivity index (χ2n) is 6.14. The molecule has 0 bridgehead atoms. The summed E-state index contributed by atoms with van der Waals surface area (Å²) in [7, 11) is 1.30. The highest BCUT2D eigenvalue weighted by Crippen LogP contribution is 2.31. The molecule has 3 aromatic heterocycles. The number of thiophene rings is 1. The number of rotatable bonds is 6. The Balaban J connectivity index is 1.51. The fourth-order valence-corrected chi connectivity index (χ4v) is 3.25. The summed E-state index contributed by atoms with van der Waals surface area (Å²) in [5, 5.41) is 11.4. The highest BCUT2D eigenvalue weighted by Gasteiger charge is 2.31. The summed E-state index contributed by atoms with van der Waals surface area (Å²) >= 11 is 1.47. The van der Waals surface area contributed by atoms with Crippen LogP contribution in [0.1, 0.15) is 21.9 Å². The Morgan fingerprint density at radius 2 is 2.13 bits per heavy atom. The topological polar surface area (TPSA) is 92.3 Å². The van der Waals surface area contributed by atoms with Gasteiger partial charge in [0.1, 0.15) is 0 Å². The van der Waals surface area contributed by atoms with Gasteiger partial charge in [-0.1, -0.05) is 11.2 Å². The molecular weight excluding hydrogens is 437 g/mol. The molecule has 3 heterocycles. The summed E-state index contributed by atoms with van der Waals surface area (Å²) in [4.78, 5) is 16.6. The molecule has 0 radical (unpaired) electrons. The van der Waals surface area contributed by atoms with Crippen LogP contribution in [0.2, 0.25) is 0 Å². The molecular formula is C19H13F3N4O4S. The Bertz CT molecular complexity index is 1200. The van der Waals surface area contributed by atoms with Crippen molar-refractivity contribution in [1.29, 1.82) is 0 Å². The van der Waals surface area contributed by atoms with Gasteiger partial charge < -0.3 is 14.0 Å². The van der Waals surface area contributed by atoms with Crippen molar-refractivity contribution < 1.29 is 32.0 Å². The maximum Gasteiger partial charge on any atom is 0.416 e. The van der Waals surface area contributed by atoms with Crippen LogP contribution >= 0.6 is 11.3 Å². The molecule has 0 saturated heterocycles. The number of alkyl halides is 3. The molecule has 0 atom stereocenters. The van der Waals surface area contributed by atoms with E-state index in [2.05, 4.69) is 15.2 Å². The summed E-state index contributed by atoms with van der Waals surface area (Å²) in [6, 6.07) is 6.31. The molecule has 0 aliphatic rings. The summed E-state index contributed by atoms with van der Waals surface area (Å²) < 4.78 is 55.4. The van der Waals surface area contributed by atoms with Crippen LogP contribution in [0.15, 0.2) is 51.8 Å². The fourth-order valence-electron chi connectivity index (χ4n) is 2.62. The van der Waals surface area contributed by atoms with Crippen molar-refractivity contribution in [3.63, 3.8) is 0 Å². The summed E-state index contributed by atoms with van der Waals surface area (Å²) in [6.45, 7) is -0.286. The molecule has 0 N–H and O–H groups in total. The number of nitrogens with zero attached hydrogens (tertiary/aromatic N) is 4. The van der Waals surface area contributed by atoms with Crippen molar-refractivity contribution in [1.82, 2.24) is 19.9 Å². The third kappa shape index (κ3) is 4.43. The lowest BCUT2D eigenvalue weighted by atomic mass is 10.2. The number of methoxy groups -OCH3 is 1. The first-order valence-electron chi connectivity index (χ1n) is 8.68. The Morgan fingerprint density at radius 3 is 2.84 bits per heavy atom. The van der Waals surface area contributed by atoms with E-state index in [9.17, 15) is 18.0 Å². The number of hydrogen-bond acceptors (Lipinski definition) is 8. The van der Waals surface area contributed by atoms with Crippen molar-refractivity contribution in [3.8, 4) is 22.9 Å². The van der Waals surface area contributed by atoms with Crippen LogP contribution in [-0.4, -0.2) is 33.0 Å². The standard InChI is InChI=1S/C19H13F3N4O4S/c1-28-14-8-26(13-4-2-3-12(7-13)19(20,21)22)24-16(14)18(27)29-9-15-23-17(30-25-15)11-5-6-31-10-11/h2-8,10H,9H2,1H3. The molecule has 4 rings (SSSR count). The highest BCUT2D eigenvalue weighted by atomic mass is 32.1. The second kappa shape index (κ2) is 8.22. The van der Waals surface area contributed by atoms with E-state index in [0.717, 1.165) is 22.4 Å². The summed E-state index contributed by atoms with van der Waals surface area (Å²) in [5.41, 5.74) is -0.203. The van der Waals surface area contributed by atoms with Crippen LogP contribution in [0.3, 0.4) is 0 Å². The molecule has 31 heavy (non-hydrogen) atoms. The number of hydrogen-bond donors (Lipinski definition) is 0. The Morgan fingerprint density at radius 1 is 1.29 bits per heavy atom. The lowest BCUT2D eigenvalue weighted by Crippen LogP contribution is -2.09. The minimum absolute atomic E-state index is 0.0366. The maximum atomic E-state index is 13.0. The minimum atomic E-state index is -4.51. The Kier molecular flexibility index (Phi) is 5.46. The molecule has 12 heteroatoms. The highest BCUT2D eigenvalue weighted by molar-refractivity contribution is 7.08. The number of halogens is 3. The number of esters is 1. The molecule has 0 amide bonds. The van der Waals surface area contributed by atoms with E-state index in [4.69, 9.17) is 14.0 Å².